The lowest BCUT2D eigenvalue weighted by Crippen LogP contribution is -2.37. The molecule has 0 aromatic carbocycles. The summed E-state index contributed by atoms with van der Waals surface area (Å²) in [7, 11) is 0. The second kappa shape index (κ2) is 12.3. The quantitative estimate of drug-likeness (QED) is 0.291. The Morgan fingerprint density at radius 2 is 1.86 bits per heavy atom. The second-order valence-corrected chi connectivity index (χ2v) is 8.86. The van der Waals surface area contributed by atoms with Crippen LogP contribution in [0.1, 0.15) is 78.1 Å². The van der Waals surface area contributed by atoms with E-state index in [-0.39, 0.29) is 12.0 Å². The molecular weight excluding hydrogens is 398 g/mol. The normalized spacial score (nSPS) is 16.8. The maximum absolute atomic E-state index is 12.9. The van der Waals surface area contributed by atoms with Gasteiger partial charge in [0.25, 0.3) is 0 Å². The van der Waals surface area contributed by atoms with E-state index >= 15 is 0 Å². The molecule has 1 atom stereocenters. The first-order valence-corrected chi connectivity index (χ1v) is 11.6. The average Bonchev–Trinajstić information content (AvgIpc) is 3.21. The summed E-state index contributed by atoms with van der Waals surface area (Å²) in [5, 5.41) is 0.479. The molecule has 1 saturated heterocycles. The predicted octanol–water partition coefficient (Wildman–Crippen LogP) is 5.85. The minimum Gasteiger partial charge on any atom is -0.439 e. The zero-order chi connectivity index (χ0) is 20.4. The monoisotopic (exact) mass is 429 g/mol. The largest absolute Gasteiger partial charge is 0.439 e. The number of esters is 1. The van der Waals surface area contributed by atoms with Gasteiger partial charge in [-0.2, -0.15) is 0 Å². The van der Waals surface area contributed by atoms with Crippen LogP contribution >= 0.6 is 22.9 Å². The lowest BCUT2D eigenvalue weighted by Gasteiger charge is -2.20. The van der Waals surface area contributed by atoms with E-state index in [2.05, 4.69) is 18.8 Å². The van der Waals surface area contributed by atoms with Crippen LogP contribution < -0.4 is 4.90 Å². The fourth-order valence-corrected chi connectivity index (χ4v) is 4.21. The number of carbonyl (C=O) groups excluding carboxylic acids is 2. The van der Waals surface area contributed by atoms with E-state index in [0.29, 0.717) is 29.0 Å². The molecule has 1 aliphatic heterocycles. The van der Waals surface area contributed by atoms with Crippen molar-refractivity contribution < 1.29 is 14.3 Å². The first-order valence-electron chi connectivity index (χ1n) is 10.5. The molecule has 0 radical (unpaired) electrons. The number of unbranched alkanes of at least 4 members (excludes halogenated alkanes) is 7. The summed E-state index contributed by atoms with van der Waals surface area (Å²) in [4.78, 5) is 32.6. The molecule has 0 spiro atoms. The Kier molecular flexibility index (Phi) is 10.1. The van der Waals surface area contributed by atoms with Crippen molar-refractivity contribution in [1.29, 1.82) is 0 Å². The van der Waals surface area contributed by atoms with Gasteiger partial charge in [0.15, 0.2) is 5.13 Å². The Hall–Kier alpha value is -1.34. The zero-order valence-corrected chi connectivity index (χ0v) is 18.6. The lowest BCUT2D eigenvalue weighted by atomic mass is 10.1. The van der Waals surface area contributed by atoms with Crippen LogP contribution in [0, 0.1) is 0 Å². The maximum atomic E-state index is 12.9. The first-order chi connectivity index (χ1) is 13.6. The number of carbonyl (C=O) groups is 2. The molecule has 6 nitrogen and oxygen atoms in total. The molecular formula is C20H32ClN3O3S. The highest BCUT2D eigenvalue weighted by Gasteiger charge is 2.41. The van der Waals surface area contributed by atoms with Crippen molar-refractivity contribution in [2.75, 3.05) is 18.0 Å². The highest BCUT2D eigenvalue weighted by molar-refractivity contribution is 7.19. The molecule has 0 N–H and O–H groups in total. The highest BCUT2D eigenvalue weighted by atomic mass is 35.5. The van der Waals surface area contributed by atoms with E-state index in [1.807, 2.05) is 0 Å². The van der Waals surface area contributed by atoms with Gasteiger partial charge in [-0.1, -0.05) is 81.7 Å². The number of halogens is 1. The molecule has 0 saturated carbocycles. The Balaban J connectivity index is 1.94. The van der Waals surface area contributed by atoms with Crippen LogP contribution in [0.2, 0.25) is 4.34 Å². The van der Waals surface area contributed by atoms with Crippen molar-refractivity contribution in [3.63, 3.8) is 0 Å². The molecule has 2 heterocycles. The summed E-state index contributed by atoms with van der Waals surface area (Å²) in [5.41, 5.74) is 0. The minimum atomic E-state index is -0.635. The fraction of sp³-hybridized carbons (Fsp3) is 0.750. The predicted molar refractivity (Wildman–Crippen MR) is 114 cm³/mol. The topological polar surface area (TPSA) is 62.7 Å². The van der Waals surface area contributed by atoms with Crippen molar-refractivity contribution in [3.05, 3.63) is 10.5 Å². The molecule has 0 aliphatic carbocycles. The molecule has 1 unspecified atom stereocenters. The van der Waals surface area contributed by atoms with Gasteiger partial charge in [0, 0.05) is 13.0 Å². The van der Waals surface area contributed by atoms with Gasteiger partial charge < -0.3 is 9.64 Å². The van der Waals surface area contributed by atoms with Crippen LogP contribution in [0.4, 0.5) is 9.93 Å². The van der Waals surface area contributed by atoms with Crippen LogP contribution in [-0.2, 0) is 9.53 Å². The smallest absolute Gasteiger partial charge is 0.329 e. The van der Waals surface area contributed by atoms with Crippen molar-refractivity contribution in [2.45, 2.75) is 84.3 Å². The standard InChI is InChI=1S/C20H32ClN3O3S/c1-3-5-7-9-10-12-18(25)27-17-15-23(13-11-8-6-4-2)20(26)24(17)19-22-14-16(21)28-19/h14,17H,3-13,15H2,1-2H3. The molecule has 2 amide bonds. The number of rotatable bonds is 13. The Bertz CT molecular complexity index is 626. The van der Waals surface area contributed by atoms with Crippen molar-refractivity contribution in [1.82, 2.24) is 9.88 Å². The SMILES string of the molecule is CCCCCCCC(=O)OC1CN(CCCCCC)C(=O)N1c1ncc(Cl)s1. The molecule has 1 fully saturated rings. The van der Waals surface area contributed by atoms with Gasteiger partial charge in [-0.15, -0.1) is 0 Å². The maximum Gasteiger partial charge on any atom is 0.329 e. The summed E-state index contributed by atoms with van der Waals surface area (Å²) in [5.74, 6) is -0.255. The minimum absolute atomic E-state index is 0.164. The Morgan fingerprint density at radius 3 is 2.50 bits per heavy atom. The highest BCUT2D eigenvalue weighted by Crippen LogP contribution is 2.32. The molecule has 158 valence electrons. The number of urea groups is 1. The van der Waals surface area contributed by atoms with E-state index in [4.69, 9.17) is 16.3 Å². The van der Waals surface area contributed by atoms with Crippen LogP contribution in [-0.4, -0.2) is 41.2 Å². The zero-order valence-electron chi connectivity index (χ0n) is 17.0. The number of hydrogen-bond donors (Lipinski definition) is 0. The summed E-state index contributed by atoms with van der Waals surface area (Å²) in [6.07, 6.45) is 11.0. The summed E-state index contributed by atoms with van der Waals surface area (Å²) in [6.45, 7) is 5.37. The van der Waals surface area contributed by atoms with Gasteiger partial charge in [-0.3, -0.25) is 4.79 Å². The van der Waals surface area contributed by atoms with Gasteiger partial charge in [0.05, 0.1) is 12.7 Å². The summed E-state index contributed by atoms with van der Waals surface area (Å²) >= 11 is 7.22. The number of nitrogens with zero attached hydrogens (tertiary/aromatic N) is 3. The van der Waals surface area contributed by atoms with Crippen LogP contribution in [0.25, 0.3) is 0 Å². The number of aromatic nitrogens is 1. The van der Waals surface area contributed by atoms with E-state index in [0.717, 1.165) is 44.9 Å². The number of amides is 2. The fourth-order valence-electron chi connectivity index (χ4n) is 3.28. The molecule has 0 bridgehead atoms. The number of ether oxygens (including phenoxy) is 1. The first kappa shape index (κ1) is 22.9. The Morgan fingerprint density at radius 1 is 1.18 bits per heavy atom. The van der Waals surface area contributed by atoms with Crippen LogP contribution in [0.3, 0.4) is 0 Å². The number of thiazole rings is 1. The molecule has 1 aromatic heterocycles. The third-order valence-electron chi connectivity index (χ3n) is 4.85. The second-order valence-electron chi connectivity index (χ2n) is 7.21. The van der Waals surface area contributed by atoms with Crippen molar-refractivity contribution >= 4 is 40.1 Å². The molecule has 2 rings (SSSR count). The lowest BCUT2D eigenvalue weighted by molar-refractivity contribution is -0.148. The summed E-state index contributed by atoms with van der Waals surface area (Å²) in [6, 6.07) is -0.164. The summed E-state index contributed by atoms with van der Waals surface area (Å²) < 4.78 is 6.18. The van der Waals surface area contributed by atoms with Gasteiger partial charge in [0.1, 0.15) is 4.34 Å². The number of anilines is 1. The van der Waals surface area contributed by atoms with Crippen molar-refractivity contribution in [2.24, 2.45) is 0 Å². The van der Waals surface area contributed by atoms with Crippen LogP contribution in [0.15, 0.2) is 6.20 Å². The van der Waals surface area contributed by atoms with E-state index in [1.165, 1.54) is 35.3 Å². The number of hydrogen-bond acceptors (Lipinski definition) is 5. The molecule has 8 heteroatoms. The third-order valence-corrected chi connectivity index (χ3v) is 5.96. The third kappa shape index (κ3) is 6.92. The van der Waals surface area contributed by atoms with Gasteiger partial charge in [-0.05, 0) is 12.8 Å². The molecule has 28 heavy (non-hydrogen) atoms. The van der Waals surface area contributed by atoms with Gasteiger partial charge in [-0.25, -0.2) is 14.7 Å². The molecule has 1 aliphatic rings. The van der Waals surface area contributed by atoms with E-state index in [1.54, 1.807) is 4.90 Å². The van der Waals surface area contributed by atoms with Crippen LogP contribution in [0.5, 0.6) is 0 Å². The van der Waals surface area contributed by atoms with Gasteiger partial charge in [0.2, 0.25) is 6.23 Å². The Labute approximate surface area is 177 Å². The van der Waals surface area contributed by atoms with E-state index < -0.39 is 6.23 Å². The molecule has 1 aromatic rings. The van der Waals surface area contributed by atoms with E-state index in [9.17, 15) is 9.59 Å². The average molecular weight is 430 g/mol. The van der Waals surface area contributed by atoms with Crippen molar-refractivity contribution in [3.8, 4) is 0 Å². The van der Waals surface area contributed by atoms with Gasteiger partial charge >= 0.3 is 12.0 Å².